The van der Waals surface area contributed by atoms with E-state index >= 15 is 0 Å². The van der Waals surface area contributed by atoms with Gasteiger partial charge in [-0.25, -0.2) is 0 Å². The zero-order valence-corrected chi connectivity index (χ0v) is 20.6. The van der Waals surface area contributed by atoms with Gasteiger partial charge in [0.25, 0.3) is 0 Å². The zero-order chi connectivity index (χ0) is 19.8. The molecule has 0 unspecified atom stereocenters. The molecule has 0 aliphatic heterocycles. The lowest BCUT2D eigenvalue weighted by molar-refractivity contribution is -0.0852. The zero-order valence-electron chi connectivity index (χ0n) is 18.6. The van der Waals surface area contributed by atoms with Crippen LogP contribution in [-0.2, 0) is 16.4 Å². The first kappa shape index (κ1) is 20.1. The van der Waals surface area contributed by atoms with Gasteiger partial charge in [0.2, 0.25) is 0 Å². The Morgan fingerprint density at radius 1 is 0.923 bits per heavy atom. The van der Waals surface area contributed by atoms with Gasteiger partial charge in [-0.3, -0.25) is 0 Å². The molecule has 2 aliphatic carbocycles. The van der Waals surface area contributed by atoms with Crippen molar-refractivity contribution in [2.24, 2.45) is 10.8 Å². The molecular weight excluding hydrogens is 348 g/mol. The predicted molar refractivity (Wildman–Crippen MR) is 120 cm³/mol. The fourth-order valence-electron chi connectivity index (χ4n) is 6.34. The summed E-state index contributed by atoms with van der Waals surface area (Å²) in [5.74, 6) is 0. The Morgan fingerprint density at radius 2 is 1.50 bits per heavy atom. The van der Waals surface area contributed by atoms with E-state index in [1.165, 1.54) is 17.5 Å². The summed E-state index contributed by atoms with van der Waals surface area (Å²) in [7, 11) is -2.98. The van der Waals surface area contributed by atoms with Crippen molar-refractivity contribution in [1.29, 1.82) is 0 Å². The van der Waals surface area contributed by atoms with Crippen molar-refractivity contribution in [1.82, 2.24) is 0 Å². The molecule has 3 heteroatoms. The molecule has 0 N–H and O–H groups in total. The van der Waals surface area contributed by atoms with Crippen LogP contribution in [-0.4, -0.2) is 16.4 Å². The van der Waals surface area contributed by atoms with Gasteiger partial charge in [-0.15, -0.1) is 0 Å². The minimum absolute atomic E-state index is 0.189. The number of rotatable bonds is 4. The topological polar surface area (TPSA) is 9.23 Å². The molecule has 0 heterocycles. The molecule has 3 rings (SSSR count). The van der Waals surface area contributed by atoms with Crippen LogP contribution in [0.3, 0.4) is 0 Å². The normalized spacial score (nSPS) is 22.8. The van der Waals surface area contributed by atoms with Crippen LogP contribution >= 0.6 is 0 Å². The lowest BCUT2D eigenvalue weighted by atomic mass is 9.37. The highest BCUT2D eigenvalue weighted by Gasteiger charge is 2.70. The molecule has 0 saturated heterocycles. The Hall–Kier alpha value is -0.646. The summed E-state index contributed by atoms with van der Waals surface area (Å²) >= 11 is 0. The highest BCUT2D eigenvalue weighted by Crippen LogP contribution is 2.74. The molecule has 0 bridgehead atoms. The predicted octanol–water partition coefficient (Wildman–Crippen LogP) is 7.01. The van der Waals surface area contributed by atoms with E-state index in [0.29, 0.717) is 10.8 Å². The smallest absolute Gasteiger partial charge is 0.184 e. The van der Waals surface area contributed by atoms with Crippen LogP contribution in [0.2, 0.25) is 39.3 Å². The fourth-order valence-corrected chi connectivity index (χ4v) is 9.45. The molecule has 26 heavy (non-hydrogen) atoms. The van der Waals surface area contributed by atoms with Gasteiger partial charge in [-0.1, -0.05) is 76.8 Å². The van der Waals surface area contributed by atoms with Crippen molar-refractivity contribution in [3.05, 3.63) is 40.1 Å². The molecule has 1 spiro atoms. The molecular formula is C23H38OSi2. The van der Waals surface area contributed by atoms with E-state index in [4.69, 9.17) is 4.43 Å². The van der Waals surface area contributed by atoms with E-state index in [9.17, 15) is 0 Å². The van der Waals surface area contributed by atoms with Gasteiger partial charge in [-0.2, -0.15) is 0 Å². The van der Waals surface area contributed by atoms with E-state index in [1.54, 1.807) is 10.8 Å². The standard InChI is InChI=1S/C23H38OSi2/c1-21(2)16-22(3,4)23(21)19-13-11-12-17(15-24-26(8,9)10)18(19)14-20(23)25(5,6)7/h11-14H,15-16H2,1-10H3. The average Bonchev–Trinajstić information content (AvgIpc) is 2.82. The molecule has 0 aromatic heterocycles. The Kier molecular flexibility index (Phi) is 4.39. The van der Waals surface area contributed by atoms with Gasteiger partial charge < -0.3 is 4.43 Å². The maximum absolute atomic E-state index is 6.31. The summed E-state index contributed by atoms with van der Waals surface area (Å²) in [6.07, 6.45) is 3.88. The van der Waals surface area contributed by atoms with Gasteiger partial charge in [0.1, 0.15) is 0 Å². The molecule has 0 radical (unpaired) electrons. The summed E-state index contributed by atoms with van der Waals surface area (Å²) in [4.78, 5) is 0. The monoisotopic (exact) mass is 386 g/mol. The highest BCUT2D eigenvalue weighted by molar-refractivity contribution is 6.84. The molecule has 144 valence electrons. The minimum Gasteiger partial charge on any atom is -0.413 e. The van der Waals surface area contributed by atoms with Crippen LogP contribution in [0.4, 0.5) is 0 Å². The summed E-state index contributed by atoms with van der Waals surface area (Å²) in [6, 6.07) is 6.98. The van der Waals surface area contributed by atoms with Crippen molar-refractivity contribution in [3.8, 4) is 0 Å². The molecule has 1 saturated carbocycles. The Labute approximate surface area is 163 Å². The molecule has 1 fully saturated rings. The number of fused-ring (bicyclic) bond motifs is 2. The average molecular weight is 387 g/mol. The van der Waals surface area contributed by atoms with Crippen molar-refractivity contribution in [3.63, 3.8) is 0 Å². The van der Waals surface area contributed by atoms with E-state index in [-0.39, 0.29) is 5.41 Å². The second kappa shape index (κ2) is 5.68. The number of hydrogen-bond acceptors (Lipinski definition) is 1. The van der Waals surface area contributed by atoms with Gasteiger partial charge in [-0.05, 0) is 53.6 Å². The fraction of sp³-hybridized carbons (Fsp3) is 0.652. The summed E-state index contributed by atoms with van der Waals surface area (Å²) in [5.41, 5.74) is 5.25. The summed E-state index contributed by atoms with van der Waals surface area (Å²) in [6.45, 7) is 25.1. The maximum atomic E-state index is 6.31. The van der Waals surface area contributed by atoms with Crippen molar-refractivity contribution >= 4 is 22.5 Å². The van der Waals surface area contributed by atoms with E-state index < -0.39 is 16.4 Å². The second-order valence-corrected chi connectivity index (χ2v) is 21.3. The van der Waals surface area contributed by atoms with Crippen LogP contribution in [0.5, 0.6) is 0 Å². The SMILES string of the molecule is CC1(C)CC(C)(C)C12C([Si](C)(C)C)=Cc1c(CO[Si](C)(C)C)cccc12. The third-order valence-corrected chi connectivity index (χ3v) is 9.82. The quantitative estimate of drug-likeness (QED) is 0.506. The third-order valence-electron chi connectivity index (χ3n) is 6.68. The maximum Gasteiger partial charge on any atom is 0.184 e. The van der Waals surface area contributed by atoms with Gasteiger partial charge in [0, 0.05) is 5.41 Å². The van der Waals surface area contributed by atoms with Crippen LogP contribution in [0.1, 0.15) is 50.8 Å². The third kappa shape index (κ3) is 2.73. The largest absolute Gasteiger partial charge is 0.413 e. The molecule has 0 atom stereocenters. The first-order valence-electron chi connectivity index (χ1n) is 10.1. The lowest BCUT2D eigenvalue weighted by Crippen LogP contribution is -2.66. The molecule has 1 aromatic carbocycles. The second-order valence-electron chi connectivity index (χ2n) is 11.8. The summed E-state index contributed by atoms with van der Waals surface area (Å²) in [5, 5.41) is 1.75. The first-order chi connectivity index (χ1) is 11.6. The molecule has 1 aromatic rings. The van der Waals surface area contributed by atoms with Crippen molar-refractivity contribution in [2.45, 2.75) is 85.4 Å². The van der Waals surface area contributed by atoms with Crippen LogP contribution in [0, 0.1) is 10.8 Å². The molecule has 2 aliphatic rings. The minimum atomic E-state index is -1.52. The van der Waals surface area contributed by atoms with Crippen LogP contribution in [0.15, 0.2) is 23.4 Å². The lowest BCUT2D eigenvalue weighted by Gasteiger charge is -2.69. The van der Waals surface area contributed by atoms with Gasteiger partial charge in [0.05, 0.1) is 14.7 Å². The molecule has 1 nitrogen and oxygen atoms in total. The molecule has 0 amide bonds. The van der Waals surface area contributed by atoms with Gasteiger partial charge >= 0.3 is 0 Å². The Balaban J connectivity index is 2.21. The van der Waals surface area contributed by atoms with E-state index in [1.807, 2.05) is 0 Å². The number of allylic oxidation sites excluding steroid dienone is 1. The van der Waals surface area contributed by atoms with Gasteiger partial charge in [0.15, 0.2) is 8.32 Å². The first-order valence-corrected chi connectivity index (χ1v) is 17.0. The summed E-state index contributed by atoms with van der Waals surface area (Å²) < 4.78 is 6.31. The van der Waals surface area contributed by atoms with Crippen LogP contribution < -0.4 is 0 Å². The van der Waals surface area contributed by atoms with E-state index in [2.05, 4.69) is 91.3 Å². The Morgan fingerprint density at radius 3 is 1.96 bits per heavy atom. The number of benzene rings is 1. The highest BCUT2D eigenvalue weighted by atomic mass is 28.4. The number of hydrogen-bond donors (Lipinski definition) is 0. The van der Waals surface area contributed by atoms with Crippen LogP contribution in [0.25, 0.3) is 6.08 Å². The van der Waals surface area contributed by atoms with E-state index in [0.717, 1.165) is 6.61 Å². The van der Waals surface area contributed by atoms with Crippen molar-refractivity contribution < 1.29 is 4.43 Å². The Bertz CT molecular complexity index is 743. The van der Waals surface area contributed by atoms with Crippen molar-refractivity contribution in [2.75, 3.05) is 0 Å².